The summed E-state index contributed by atoms with van der Waals surface area (Å²) in [6, 6.07) is 15.6. The molecule has 0 radical (unpaired) electrons. The number of ether oxygens (including phenoxy) is 1. The van der Waals surface area contributed by atoms with E-state index in [1.165, 1.54) is 10.5 Å². The van der Waals surface area contributed by atoms with E-state index in [9.17, 15) is 9.59 Å². The summed E-state index contributed by atoms with van der Waals surface area (Å²) >= 11 is 0. The van der Waals surface area contributed by atoms with Crippen molar-refractivity contribution in [3.63, 3.8) is 0 Å². The number of nitrogens with zero attached hydrogens (tertiary/aromatic N) is 1. The van der Waals surface area contributed by atoms with Crippen LogP contribution in [0.15, 0.2) is 54.1 Å². The van der Waals surface area contributed by atoms with Crippen LogP contribution in [0.4, 0.5) is 5.69 Å². The number of anilines is 1. The van der Waals surface area contributed by atoms with Crippen molar-refractivity contribution in [2.75, 3.05) is 4.90 Å². The number of benzene rings is 2. The smallest absolute Gasteiger partial charge is 0.240 e. The number of imide groups is 1. The summed E-state index contributed by atoms with van der Waals surface area (Å²) in [5, 5.41) is 0. The highest BCUT2D eigenvalue weighted by Crippen LogP contribution is 2.55. The minimum absolute atomic E-state index is 0.183. The summed E-state index contributed by atoms with van der Waals surface area (Å²) in [6.45, 7) is 4.02. The Labute approximate surface area is 168 Å². The molecule has 5 atom stereocenters. The maximum Gasteiger partial charge on any atom is 0.240 e. The molecule has 2 bridgehead atoms. The number of carbonyl (C=O) groups excluding carboxylic acids is 2. The molecule has 6 nitrogen and oxygen atoms in total. The van der Waals surface area contributed by atoms with Gasteiger partial charge in [0.2, 0.25) is 11.8 Å². The van der Waals surface area contributed by atoms with Crippen molar-refractivity contribution in [3.8, 4) is 0 Å². The quantitative estimate of drug-likeness (QED) is 0.801. The average Bonchev–Trinajstić information content (AvgIpc) is 3.44. The standard InChI is InChI=1S/C23H20N2O4/c1-11-3-7-13(8-4-11)18-17-19-15-16(20(28-19)21(17)29-24-18)23(27)25(22(15)26)14-9-5-12(2)6-10-14/h3-10,15-16,19-21,24H,1-2H3/t15-,16+,19-,20+,21+/m0/s1. The van der Waals surface area contributed by atoms with E-state index in [1.54, 1.807) is 0 Å². The number of aryl methyl sites for hydroxylation is 2. The fraction of sp³-hybridized carbons (Fsp3) is 0.304. The first-order valence-corrected chi connectivity index (χ1v) is 9.87. The summed E-state index contributed by atoms with van der Waals surface area (Å²) in [6.07, 6.45) is -1.22. The van der Waals surface area contributed by atoms with E-state index in [1.807, 2.05) is 62.4 Å². The van der Waals surface area contributed by atoms with Gasteiger partial charge in [0.1, 0.15) is 12.2 Å². The molecular formula is C23H20N2O4. The van der Waals surface area contributed by atoms with Gasteiger partial charge in [-0.05, 0) is 26.0 Å². The molecule has 29 heavy (non-hydrogen) atoms. The van der Waals surface area contributed by atoms with Gasteiger partial charge in [-0.2, -0.15) is 0 Å². The Kier molecular flexibility index (Phi) is 3.38. The highest BCUT2D eigenvalue weighted by atomic mass is 16.7. The highest BCUT2D eigenvalue weighted by molar-refractivity contribution is 6.23. The van der Waals surface area contributed by atoms with Crippen molar-refractivity contribution < 1.29 is 19.2 Å². The SMILES string of the molecule is Cc1ccc(C2=C3[C@@H](ON2)[C@@H]2O[C@H]3[C@H]3C(=O)N(c4ccc(C)cc4)C(=O)[C@@H]23)cc1. The summed E-state index contributed by atoms with van der Waals surface area (Å²) in [4.78, 5) is 33.6. The molecule has 2 aromatic carbocycles. The minimum Gasteiger partial charge on any atom is -0.366 e. The van der Waals surface area contributed by atoms with Crippen molar-refractivity contribution >= 4 is 23.2 Å². The first kappa shape index (κ1) is 16.9. The van der Waals surface area contributed by atoms with Gasteiger partial charge in [-0.15, -0.1) is 0 Å². The monoisotopic (exact) mass is 388 g/mol. The topological polar surface area (TPSA) is 67.9 Å². The molecule has 3 saturated heterocycles. The van der Waals surface area contributed by atoms with Crippen LogP contribution in [-0.2, 0) is 19.2 Å². The Morgan fingerprint density at radius 3 is 2.14 bits per heavy atom. The highest BCUT2D eigenvalue weighted by Gasteiger charge is 2.69. The zero-order valence-corrected chi connectivity index (χ0v) is 16.1. The maximum absolute atomic E-state index is 13.3. The van der Waals surface area contributed by atoms with Crippen LogP contribution in [0.3, 0.4) is 0 Å². The molecule has 4 aliphatic heterocycles. The summed E-state index contributed by atoms with van der Waals surface area (Å²) in [7, 11) is 0. The van der Waals surface area contributed by atoms with Gasteiger partial charge in [0, 0.05) is 11.1 Å². The molecule has 1 N–H and O–H groups in total. The van der Waals surface area contributed by atoms with Gasteiger partial charge in [-0.25, -0.2) is 4.90 Å². The second kappa shape index (κ2) is 5.78. The van der Waals surface area contributed by atoms with Gasteiger partial charge >= 0.3 is 0 Å². The average molecular weight is 388 g/mol. The van der Waals surface area contributed by atoms with E-state index in [4.69, 9.17) is 9.57 Å². The Balaban J connectivity index is 1.40. The lowest BCUT2D eigenvalue weighted by atomic mass is 9.76. The summed E-state index contributed by atoms with van der Waals surface area (Å²) in [5.74, 6) is -1.37. The molecule has 0 aromatic heterocycles. The fourth-order valence-corrected chi connectivity index (χ4v) is 5.07. The zero-order valence-electron chi connectivity index (χ0n) is 16.1. The Morgan fingerprint density at radius 2 is 1.45 bits per heavy atom. The van der Waals surface area contributed by atoms with Gasteiger partial charge in [0.05, 0.1) is 29.3 Å². The fourth-order valence-electron chi connectivity index (χ4n) is 5.07. The first-order chi connectivity index (χ1) is 14.0. The predicted octanol–water partition coefficient (Wildman–Crippen LogP) is 2.50. The largest absolute Gasteiger partial charge is 0.366 e. The van der Waals surface area contributed by atoms with E-state index < -0.39 is 24.0 Å². The van der Waals surface area contributed by atoms with E-state index in [2.05, 4.69) is 5.48 Å². The number of hydrogen-bond donors (Lipinski definition) is 1. The van der Waals surface area contributed by atoms with Crippen LogP contribution >= 0.6 is 0 Å². The number of amides is 2. The van der Waals surface area contributed by atoms with Crippen molar-refractivity contribution in [2.24, 2.45) is 11.8 Å². The first-order valence-electron chi connectivity index (χ1n) is 9.87. The third kappa shape index (κ3) is 2.18. The van der Waals surface area contributed by atoms with Gasteiger partial charge < -0.3 is 4.74 Å². The Hall–Kier alpha value is -2.96. The van der Waals surface area contributed by atoms with Crippen molar-refractivity contribution in [1.82, 2.24) is 5.48 Å². The molecule has 4 aliphatic rings. The van der Waals surface area contributed by atoms with E-state index in [0.29, 0.717) is 5.69 Å². The molecule has 6 heteroatoms. The van der Waals surface area contributed by atoms with Gasteiger partial charge in [0.25, 0.3) is 0 Å². The zero-order chi connectivity index (χ0) is 19.9. The van der Waals surface area contributed by atoms with E-state index >= 15 is 0 Å². The van der Waals surface area contributed by atoms with Gasteiger partial charge in [-0.3, -0.25) is 19.9 Å². The lowest BCUT2D eigenvalue weighted by Crippen LogP contribution is -2.40. The Bertz CT molecular complexity index is 1070. The molecule has 0 aliphatic carbocycles. The third-order valence-electron chi connectivity index (χ3n) is 6.50. The number of hydroxylamine groups is 1. The molecule has 2 amide bonds. The molecule has 0 saturated carbocycles. The van der Waals surface area contributed by atoms with E-state index in [0.717, 1.165) is 22.4 Å². The van der Waals surface area contributed by atoms with Crippen LogP contribution in [0.2, 0.25) is 0 Å². The van der Waals surface area contributed by atoms with Gasteiger partial charge in [-0.1, -0.05) is 47.5 Å². The number of rotatable bonds is 2. The molecule has 3 fully saturated rings. The molecule has 4 heterocycles. The summed E-state index contributed by atoms with van der Waals surface area (Å²) < 4.78 is 6.13. The van der Waals surface area contributed by atoms with Gasteiger partial charge in [0.15, 0.2) is 0 Å². The molecule has 0 unspecified atom stereocenters. The molecule has 146 valence electrons. The summed E-state index contributed by atoms with van der Waals surface area (Å²) in [5.41, 5.74) is 8.70. The Morgan fingerprint density at radius 1 is 0.828 bits per heavy atom. The van der Waals surface area contributed by atoms with Crippen molar-refractivity contribution in [3.05, 3.63) is 70.8 Å². The minimum atomic E-state index is -0.498. The number of nitrogens with one attached hydrogen (secondary N) is 1. The van der Waals surface area contributed by atoms with Crippen LogP contribution in [0.5, 0.6) is 0 Å². The van der Waals surface area contributed by atoms with Crippen LogP contribution < -0.4 is 10.4 Å². The van der Waals surface area contributed by atoms with E-state index in [-0.39, 0.29) is 17.9 Å². The molecule has 2 aromatic rings. The molecule has 6 rings (SSSR count). The van der Waals surface area contributed by atoms with Crippen LogP contribution in [-0.4, -0.2) is 30.1 Å². The maximum atomic E-state index is 13.3. The lowest BCUT2D eigenvalue weighted by molar-refractivity contribution is -0.126. The lowest BCUT2D eigenvalue weighted by Gasteiger charge is -2.22. The predicted molar refractivity (Wildman–Crippen MR) is 105 cm³/mol. The van der Waals surface area contributed by atoms with Crippen LogP contribution in [0.1, 0.15) is 16.7 Å². The molecule has 0 spiro atoms. The number of carbonyl (C=O) groups is 2. The number of fused-ring (bicyclic) bond motifs is 8. The van der Waals surface area contributed by atoms with Crippen molar-refractivity contribution in [1.29, 1.82) is 0 Å². The normalized spacial score (nSPS) is 32.1. The number of hydrogen-bond acceptors (Lipinski definition) is 5. The third-order valence-corrected chi connectivity index (χ3v) is 6.50. The van der Waals surface area contributed by atoms with Crippen molar-refractivity contribution in [2.45, 2.75) is 32.2 Å². The van der Waals surface area contributed by atoms with Crippen LogP contribution in [0.25, 0.3) is 5.70 Å². The second-order valence-electron chi connectivity index (χ2n) is 8.26. The molecular weight excluding hydrogens is 368 g/mol. The second-order valence-corrected chi connectivity index (χ2v) is 8.26. The van der Waals surface area contributed by atoms with Crippen LogP contribution in [0, 0.1) is 25.7 Å².